The Kier molecular flexibility index (Phi) is 4.58. The summed E-state index contributed by atoms with van der Waals surface area (Å²) in [6.45, 7) is 0.285. The van der Waals surface area contributed by atoms with Gasteiger partial charge in [0.1, 0.15) is 0 Å². The number of nitrogens with one attached hydrogen (secondary N) is 2. The van der Waals surface area contributed by atoms with E-state index in [4.69, 9.17) is 11.6 Å². The third-order valence-electron chi connectivity index (χ3n) is 2.05. The number of amides is 1. The molecule has 0 spiro atoms. The third kappa shape index (κ3) is 3.40. The normalized spacial score (nSPS) is 10.0. The molecule has 0 saturated heterocycles. The van der Waals surface area contributed by atoms with Gasteiger partial charge in [-0.15, -0.1) is 0 Å². The molecule has 4 nitrogen and oxygen atoms in total. The van der Waals surface area contributed by atoms with Gasteiger partial charge in [0, 0.05) is 19.8 Å². The molecule has 0 bridgehead atoms. The summed E-state index contributed by atoms with van der Waals surface area (Å²) in [6, 6.07) is 5.44. The second kappa shape index (κ2) is 5.72. The minimum Gasteiger partial charge on any atom is -0.376 e. The van der Waals surface area contributed by atoms with Gasteiger partial charge in [0.05, 0.1) is 17.3 Å². The molecule has 0 aromatic heterocycles. The lowest BCUT2D eigenvalue weighted by Crippen LogP contribution is -2.25. The van der Waals surface area contributed by atoms with Gasteiger partial charge in [-0.25, -0.2) is 0 Å². The van der Waals surface area contributed by atoms with Crippen LogP contribution in [0, 0.1) is 0 Å². The zero-order chi connectivity index (χ0) is 12.1. The van der Waals surface area contributed by atoms with Crippen LogP contribution in [0.4, 0.5) is 11.4 Å². The van der Waals surface area contributed by atoms with E-state index >= 15 is 0 Å². The number of carbonyl (C=O) groups excluding carboxylic acids is 1. The molecule has 1 amide bonds. The lowest BCUT2D eigenvalue weighted by Gasteiger charge is -2.15. The highest BCUT2D eigenvalue weighted by Crippen LogP contribution is 2.27. The van der Waals surface area contributed by atoms with E-state index in [-0.39, 0.29) is 12.5 Å². The molecule has 0 heterocycles. The van der Waals surface area contributed by atoms with Gasteiger partial charge in [-0.05, 0) is 25.2 Å². The average molecular weight is 242 g/mol. The molecular formula is C11H16ClN3O. The minimum atomic E-state index is -0.0869. The first-order valence-corrected chi connectivity index (χ1v) is 5.33. The van der Waals surface area contributed by atoms with Gasteiger partial charge in [0.25, 0.3) is 0 Å². The van der Waals surface area contributed by atoms with Crippen molar-refractivity contribution in [2.24, 2.45) is 0 Å². The zero-order valence-electron chi connectivity index (χ0n) is 9.67. The molecule has 1 aromatic rings. The van der Waals surface area contributed by atoms with Gasteiger partial charge >= 0.3 is 0 Å². The van der Waals surface area contributed by atoms with Crippen LogP contribution in [-0.2, 0) is 4.79 Å². The van der Waals surface area contributed by atoms with E-state index in [1.165, 1.54) is 0 Å². The Balaban J connectivity index is 2.77. The van der Waals surface area contributed by atoms with Gasteiger partial charge in [0.15, 0.2) is 0 Å². The van der Waals surface area contributed by atoms with Gasteiger partial charge in [0.2, 0.25) is 5.91 Å². The molecule has 1 rings (SSSR count). The summed E-state index contributed by atoms with van der Waals surface area (Å²) in [5.74, 6) is -0.0869. The Morgan fingerprint density at radius 1 is 1.44 bits per heavy atom. The quantitative estimate of drug-likeness (QED) is 0.841. The summed E-state index contributed by atoms with van der Waals surface area (Å²) in [4.78, 5) is 13.2. The van der Waals surface area contributed by atoms with Crippen LogP contribution in [0.5, 0.6) is 0 Å². The van der Waals surface area contributed by atoms with Crippen LogP contribution in [0.2, 0.25) is 5.02 Å². The summed E-state index contributed by atoms with van der Waals surface area (Å²) in [7, 11) is 5.56. The molecular weight excluding hydrogens is 226 g/mol. The fourth-order valence-corrected chi connectivity index (χ4v) is 1.66. The number of nitrogens with zero attached hydrogens (tertiary/aromatic N) is 1. The van der Waals surface area contributed by atoms with Crippen molar-refractivity contribution < 1.29 is 4.79 Å². The fourth-order valence-electron chi connectivity index (χ4n) is 1.31. The van der Waals surface area contributed by atoms with Gasteiger partial charge in [-0.2, -0.15) is 0 Å². The SMILES string of the molecule is CNCC(=O)Nc1ccc(N(C)C)c(Cl)c1. The van der Waals surface area contributed by atoms with Crippen LogP contribution >= 0.6 is 11.6 Å². The standard InChI is InChI=1S/C11H16ClN3O/c1-13-7-11(16)14-8-4-5-10(15(2)3)9(12)6-8/h4-6,13H,7H2,1-3H3,(H,14,16). The highest BCUT2D eigenvalue weighted by atomic mass is 35.5. The molecule has 0 aliphatic rings. The number of hydrogen-bond donors (Lipinski definition) is 2. The highest BCUT2D eigenvalue weighted by molar-refractivity contribution is 6.33. The fraction of sp³-hybridized carbons (Fsp3) is 0.364. The van der Waals surface area contributed by atoms with Crippen LogP contribution < -0.4 is 15.5 Å². The minimum absolute atomic E-state index is 0.0869. The predicted molar refractivity (Wildman–Crippen MR) is 68.3 cm³/mol. The van der Waals surface area contributed by atoms with Crippen molar-refractivity contribution in [2.75, 3.05) is 37.9 Å². The Bertz CT molecular complexity index is 379. The molecule has 16 heavy (non-hydrogen) atoms. The van der Waals surface area contributed by atoms with Crippen LogP contribution in [0.15, 0.2) is 18.2 Å². The van der Waals surface area contributed by atoms with E-state index in [1.807, 2.05) is 31.1 Å². The number of halogens is 1. The number of anilines is 2. The van der Waals surface area contributed by atoms with Crippen molar-refractivity contribution in [1.29, 1.82) is 0 Å². The van der Waals surface area contributed by atoms with Crippen molar-refractivity contribution in [3.8, 4) is 0 Å². The maximum absolute atomic E-state index is 11.3. The molecule has 0 aliphatic carbocycles. The van der Waals surface area contributed by atoms with E-state index in [0.29, 0.717) is 10.7 Å². The lowest BCUT2D eigenvalue weighted by molar-refractivity contribution is -0.115. The van der Waals surface area contributed by atoms with Gasteiger partial charge in [-0.3, -0.25) is 4.79 Å². The molecule has 0 atom stereocenters. The molecule has 0 unspecified atom stereocenters. The molecule has 0 aliphatic heterocycles. The maximum Gasteiger partial charge on any atom is 0.238 e. The lowest BCUT2D eigenvalue weighted by atomic mass is 10.2. The number of hydrogen-bond acceptors (Lipinski definition) is 3. The first-order chi connectivity index (χ1) is 7.54. The first kappa shape index (κ1) is 12.8. The second-order valence-electron chi connectivity index (χ2n) is 3.64. The summed E-state index contributed by atoms with van der Waals surface area (Å²) < 4.78 is 0. The molecule has 1 aromatic carbocycles. The second-order valence-corrected chi connectivity index (χ2v) is 4.05. The number of benzene rings is 1. The summed E-state index contributed by atoms with van der Waals surface area (Å²) in [6.07, 6.45) is 0. The Labute approximate surface area is 101 Å². The number of likely N-dealkylation sites (N-methyl/N-ethyl adjacent to an activating group) is 1. The molecule has 0 saturated carbocycles. The van der Waals surface area contributed by atoms with Crippen LogP contribution in [0.3, 0.4) is 0 Å². The first-order valence-electron chi connectivity index (χ1n) is 4.96. The highest BCUT2D eigenvalue weighted by Gasteiger charge is 2.05. The van der Waals surface area contributed by atoms with E-state index in [0.717, 1.165) is 5.69 Å². The van der Waals surface area contributed by atoms with Gasteiger partial charge < -0.3 is 15.5 Å². The van der Waals surface area contributed by atoms with Crippen molar-refractivity contribution in [1.82, 2.24) is 5.32 Å². The van der Waals surface area contributed by atoms with Crippen molar-refractivity contribution in [3.63, 3.8) is 0 Å². The third-order valence-corrected chi connectivity index (χ3v) is 2.35. The topological polar surface area (TPSA) is 44.4 Å². The molecule has 0 radical (unpaired) electrons. The average Bonchev–Trinajstić information content (AvgIpc) is 2.17. The number of carbonyl (C=O) groups is 1. The Morgan fingerprint density at radius 3 is 2.62 bits per heavy atom. The van der Waals surface area contributed by atoms with E-state index in [1.54, 1.807) is 13.1 Å². The molecule has 88 valence electrons. The molecule has 5 heteroatoms. The molecule has 2 N–H and O–H groups in total. The van der Waals surface area contributed by atoms with Crippen molar-refractivity contribution >= 4 is 28.9 Å². The summed E-state index contributed by atoms with van der Waals surface area (Å²) >= 11 is 6.08. The van der Waals surface area contributed by atoms with Crippen LogP contribution in [0.25, 0.3) is 0 Å². The van der Waals surface area contributed by atoms with Crippen molar-refractivity contribution in [3.05, 3.63) is 23.2 Å². The van der Waals surface area contributed by atoms with E-state index in [2.05, 4.69) is 10.6 Å². The Hall–Kier alpha value is -1.26. The largest absolute Gasteiger partial charge is 0.376 e. The maximum atomic E-state index is 11.3. The smallest absolute Gasteiger partial charge is 0.238 e. The van der Waals surface area contributed by atoms with Crippen LogP contribution in [-0.4, -0.2) is 33.6 Å². The van der Waals surface area contributed by atoms with E-state index < -0.39 is 0 Å². The Morgan fingerprint density at radius 2 is 2.12 bits per heavy atom. The van der Waals surface area contributed by atoms with Crippen LogP contribution in [0.1, 0.15) is 0 Å². The monoisotopic (exact) mass is 241 g/mol. The van der Waals surface area contributed by atoms with Gasteiger partial charge in [-0.1, -0.05) is 11.6 Å². The summed E-state index contributed by atoms with van der Waals surface area (Å²) in [5.41, 5.74) is 1.63. The summed E-state index contributed by atoms with van der Waals surface area (Å²) in [5, 5.41) is 6.14. The number of rotatable bonds is 4. The zero-order valence-corrected chi connectivity index (χ0v) is 10.4. The van der Waals surface area contributed by atoms with E-state index in [9.17, 15) is 4.79 Å². The molecule has 0 fully saturated rings. The predicted octanol–water partition coefficient (Wildman–Crippen LogP) is 1.56. The van der Waals surface area contributed by atoms with Crippen molar-refractivity contribution in [2.45, 2.75) is 0 Å².